The maximum atomic E-state index is 12.6. The summed E-state index contributed by atoms with van der Waals surface area (Å²) in [6, 6.07) is 11.7. The number of rotatable bonds is 6. The van der Waals surface area contributed by atoms with Gasteiger partial charge in [-0.2, -0.15) is 0 Å². The Bertz CT molecular complexity index is 1480. The summed E-state index contributed by atoms with van der Waals surface area (Å²) < 4.78 is 26.2. The monoisotopic (exact) mass is 496 g/mol. The fourth-order valence-electron chi connectivity index (χ4n) is 4.66. The zero-order valence-electron chi connectivity index (χ0n) is 19.2. The molecule has 2 N–H and O–H groups in total. The molecule has 9 heteroatoms. The molecular weight excluding hydrogens is 468 g/mol. The summed E-state index contributed by atoms with van der Waals surface area (Å²) in [7, 11) is -1.67. The summed E-state index contributed by atoms with van der Waals surface area (Å²) >= 11 is 1.79. The lowest BCUT2D eigenvalue weighted by molar-refractivity contribution is 0.213. The van der Waals surface area contributed by atoms with Gasteiger partial charge in [-0.15, -0.1) is 11.3 Å². The molecule has 7 nitrogen and oxygen atoms in total. The highest BCUT2D eigenvalue weighted by atomic mass is 32.2. The lowest BCUT2D eigenvalue weighted by Crippen LogP contribution is -2.38. The van der Waals surface area contributed by atoms with E-state index in [1.165, 1.54) is 15.7 Å². The fraction of sp³-hybridized carbons (Fsp3) is 0.320. The first kappa shape index (κ1) is 22.9. The Hall–Kier alpha value is -2.88. The van der Waals surface area contributed by atoms with Gasteiger partial charge in [0.15, 0.2) is 9.84 Å². The van der Waals surface area contributed by atoms with Crippen LogP contribution in [0.4, 0.5) is 5.69 Å². The van der Waals surface area contributed by atoms with Gasteiger partial charge in [0, 0.05) is 78.5 Å². The zero-order chi connectivity index (χ0) is 23.9. The molecule has 1 fully saturated rings. The minimum atomic E-state index is -3.38. The van der Waals surface area contributed by atoms with Gasteiger partial charge >= 0.3 is 0 Å². The van der Waals surface area contributed by atoms with Crippen molar-refractivity contribution in [3.05, 3.63) is 69.4 Å². The third-order valence-corrected chi connectivity index (χ3v) is 8.48. The van der Waals surface area contributed by atoms with Gasteiger partial charge in [-0.05, 0) is 48.6 Å². The van der Waals surface area contributed by atoms with E-state index in [0.29, 0.717) is 5.52 Å². The summed E-state index contributed by atoms with van der Waals surface area (Å²) in [6.45, 7) is 3.00. The Morgan fingerprint density at radius 1 is 1.15 bits per heavy atom. The Morgan fingerprint density at radius 3 is 2.65 bits per heavy atom. The SMILES string of the molecule is Cn1cc(-c2cc(S(C)(=O)=O)ccc2NC2CCN(Cc3cccs3)CC2)c2cc[nH]c2c1=O. The molecule has 0 spiro atoms. The Labute approximate surface area is 203 Å². The number of aromatic amines is 1. The number of benzene rings is 1. The van der Waals surface area contributed by atoms with Gasteiger partial charge in [0.1, 0.15) is 5.52 Å². The highest BCUT2D eigenvalue weighted by Crippen LogP contribution is 2.35. The maximum Gasteiger partial charge on any atom is 0.274 e. The molecule has 3 aromatic heterocycles. The molecule has 1 aliphatic heterocycles. The topological polar surface area (TPSA) is 87.2 Å². The third-order valence-electron chi connectivity index (χ3n) is 6.51. The van der Waals surface area contributed by atoms with Crippen molar-refractivity contribution in [3.63, 3.8) is 0 Å². The summed E-state index contributed by atoms with van der Waals surface area (Å²) in [5, 5.41) is 6.58. The standard InChI is InChI=1S/C25H28N4O3S2/c1-28-16-22(20-7-10-26-24(20)25(28)30)21-14-19(34(2,31)32)5-6-23(21)27-17-8-11-29(12-9-17)15-18-4-3-13-33-18/h3-7,10,13-14,16-17,26-27H,8-9,11-12,15H2,1-2H3. The summed E-state index contributed by atoms with van der Waals surface area (Å²) in [5.41, 5.74) is 2.88. The number of anilines is 1. The van der Waals surface area contributed by atoms with Crippen LogP contribution in [0, 0.1) is 0 Å². The minimum Gasteiger partial charge on any atom is -0.382 e. The average molecular weight is 497 g/mol. The molecule has 0 atom stereocenters. The molecule has 1 aromatic carbocycles. The van der Waals surface area contributed by atoms with Gasteiger partial charge in [-0.25, -0.2) is 8.42 Å². The number of aromatic nitrogens is 2. The van der Waals surface area contributed by atoms with Crippen molar-refractivity contribution in [2.45, 2.75) is 30.3 Å². The van der Waals surface area contributed by atoms with Gasteiger partial charge < -0.3 is 14.9 Å². The van der Waals surface area contributed by atoms with Crippen molar-refractivity contribution in [3.8, 4) is 11.1 Å². The predicted octanol–water partition coefficient (Wildman–Crippen LogP) is 4.08. The van der Waals surface area contributed by atoms with E-state index in [4.69, 9.17) is 0 Å². The molecule has 5 rings (SSSR count). The molecule has 178 valence electrons. The van der Waals surface area contributed by atoms with Gasteiger partial charge in [0.2, 0.25) is 0 Å². The molecule has 4 aromatic rings. The van der Waals surface area contributed by atoms with Crippen LogP contribution in [0.5, 0.6) is 0 Å². The Kier molecular flexibility index (Phi) is 6.09. The number of thiophene rings is 1. The summed E-state index contributed by atoms with van der Waals surface area (Å²) in [4.78, 5) is 19.7. The number of pyridine rings is 1. The highest BCUT2D eigenvalue weighted by molar-refractivity contribution is 7.90. The molecule has 1 saturated heterocycles. The third kappa shape index (κ3) is 4.55. The van der Waals surface area contributed by atoms with Crippen molar-refractivity contribution in [2.75, 3.05) is 24.7 Å². The molecular formula is C25H28N4O3S2. The van der Waals surface area contributed by atoms with Crippen LogP contribution in [0.15, 0.2) is 63.9 Å². The summed E-state index contributed by atoms with van der Waals surface area (Å²) in [6.07, 6.45) is 6.76. The average Bonchev–Trinajstić information content (AvgIpc) is 3.50. The van der Waals surface area contributed by atoms with Crippen molar-refractivity contribution in [1.82, 2.24) is 14.5 Å². The van der Waals surface area contributed by atoms with E-state index in [1.54, 1.807) is 42.9 Å². The van der Waals surface area contributed by atoms with E-state index < -0.39 is 9.84 Å². The number of hydrogen-bond donors (Lipinski definition) is 2. The number of fused-ring (bicyclic) bond motifs is 1. The molecule has 0 bridgehead atoms. The number of aryl methyl sites for hydroxylation is 1. The summed E-state index contributed by atoms with van der Waals surface area (Å²) in [5.74, 6) is 0. The van der Waals surface area contributed by atoms with E-state index in [9.17, 15) is 13.2 Å². The van der Waals surface area contributed by atoms with Crippen molar-refractivity contribution < 1.29 is 8.42 Å². The Morgan fingerprint density at radius 2 is 1.94 bits per heavy atom. The van der Waals surface area contributed by atoms with Crippen LogP contribution in [0.2, 0.25) is 0 Å². The van der Waals surface area contributed by atoms with Crippen LogP contribution in [0.3, 0.4) is 0 Å². The first-order chi connectivity index (χ1) is 16.3. The van der Waals surface area contributed by atoms with Gasteiger partial charge in [0.05, 0.1) is 4.90 Å². The van der Waals surface area contributed by atoms with Crippen LogP contribution in [0.25, 0.3) is 22.0 Å². The molecule has 0 radical (unpaired) electrons. The minimum absolute atomic E-state index is 0.115. The molecule has 0 amide bonds. The van der Waals surface area contributed by atoms with E-state index >= 15 is 0 Å². The van der Waals surface area contributed by atoms with Gasteiger partial charge in [-0.1, -0.05) is 6.07 Å². The van der Waals surface area contributed by atoms with Gasteiger partial charge in [0.25, 0.3) is 5.56 Å². The normalized spacial score (nSPS) is 15.7. The number of nitrogens with one attached hydrogen (secondary N) is 2. The molecule has 1 aliphatic rings. The largest absolute Gasteiger partial charge is 0.382 e. The predicted molar refractivity (Wildman–Crippen MR) is 138 cm³/mol. The number of H-pyrrole nitrogens is 1. The van der Waals surface area contributed by atoms with E-state index in [0.717, 1.165) is 54.7 Å². The smallest absolute Gasteiger partial charge is 0.274 e. The van der Waals surface area contributed by atoms with Crippen LogP contribution in [0.1, 0.15) is 17.7 Å². The zero-order valence-corrected chi connectivity index (χ0v) is 20.9. The first-order valence-corrected chi connectivity index (χ1v) is 14.1. The maximum absolute atomic E-state index is 12.6. The lowest BCUT2D eigenvalue weighted by Gasteiger charge is -2.33. The number of nitrogens with zero attached hydrogens (tertiary/aromatic N) is 2. The molecule has 0 unspecified atom stereocenters. The second kappa shape index (κ2) is 9.05. The number of sulfone groups is 1. The second-order valence-corrected chi connectivity index (χ2v) is 12.0. The quantitative estimate of drug-likeness (QED) is 0.420. The van der Waals surface area contributed by atoms with E-state index in [1.807, 2.05) is 12.1 Å². The number of likely N-dealkylation sites (tertiary alicyclic amines) is 1. The van der Waals surface area contributed by atoms with Crippen LogP contribution < -0.4 is 10.9 Å². The van der Waals surface area contributed by atoms with Crippen LogP contribution >= 0.6 is 11.3 Å². The van der Waals surface area contributed by atoms with E-state index in [2.05, 4.69) is 32.7 Å². The Balaban J connectivity index is 1.46. The van der Waals surface area contributed by atoms with Crippen LogP contribution in [-0.2, 0) is 23.4 Å². The fourth-order valence-corrected chi connectivity index (χ4v) is 6.06. The molecule has 34 heavy (non-hydrogen) atoms. The first-order valence-electron chi connectivity index (χ1n) is 11.3. The lowest BCUT2D eigenvalue weighted by atomic mass is 9.99. The van der Waals surface area contributed by atoms with Crippen molar-refractivity contribution in [1.29, 1.82) is 0 Å². The molecule has 4 heterocycles. The van der Waals surface area contributed by atoms with Crippen molar-refractivity contribution >= 4 is 37.8 Å². The second-order valence-electron chi connectivity index (χ2n) is 8.98. The number of hydrogen-bond acceptors (Lipinski definition) is 6. The van der Waals surface area contributed by atoms with Crippen LogP contribution in [-0.4, -0.2) is 48.3 Å². The van der Waals surface area contributed by atoms with E-state index in [-0.39, 0.29) is 16.5 Å². The number of piperidine rings is 1. The molecule has 0 aliphatic carbocycles. The van der Waals surface area contributed by atoms with Crippen molar-refractivity contribution in [2.24, 2.45) is 7.05 Å². The molecule has 0 saturated carbocycles. The highest BCUT2D eigenvalue weighted by Gasteiger charge is 2.22. The van der Waals surface area contributed by atoms with Gasteiger partial charge in [-0.3, -0.25) is 9.69 Å².